The van der Waals surface area contributed by atoms with E-state index in [-0.39, 0.29) is 24.8 Å². The van der Waals surface area contributed by atoms with Crippen LogP contribution >= 0.6 is 0 Å². The summed E-state index contributed by atoms with van der Waals surface area (Å²) in [5.41, 5.74) is 1.82. The Morgan fingerprint density at radius 2 is 1.93 bits per heavy atom. The van der Waals surface area contributed by atoms with Crippen LogP contribution in [0.5, 0.6) is 0 Å². The summed E-state index contributed by atoms with van der Waals surface area (Å²) in [6.45, 7) is 0.169. The van der Waals surface area contributed by atoms with Gasteiger partial charge in [-0.2, -0.15) is 4.98 Å². The van der Waals surface area contributed by atoms with Gasteiger partial charge in [0.15, 0.2) is 11.6 Å². The van der Waals surface area contributed by atoms with E-state index in [2.05, 4.69) is 25.4 Å². The Balaban J connectivity index is 1.51. The number of fused-ring (bicyclic) bond motifs is 1. The minimum atomic E-state index is -2.76. The van der Waals surface area contributed by atoms with Crippen LogP contribution in [0.2, 0.25) is 0 Å². The number of hydrogen-bond donors (Lipinski definition) is 1. The van der Waals surface area contributed by atoms with Crippen molar-refractivity contribution in [2.75, 3.05) is 0 Å². The van der Waals surface area contributed by atoms with Gasteiger partial charge in [-0.3, -0.25) is 9.78 Å². The van der Waals surface area contributed by atoms with Gasteiger partial charge in [-0.05, 0) is 29.8 Å². The van der Waals surface area contributed by atoms with Crippen molar-refractivity contribution >= 4 is 16.9 Å². The Kier molecular flexibility index (Phi) is 4.75. The number of imidazole rings is 1. The van der Waals surface area contributed by atoms with Crippen molar-refractivity contribution < 1.29 is 18.1 Å². The highest BCUT2D eigenvalue weighted by atomic mass is 19.3. The molecule has 0 fully saturated rings. The van der Waals surface area contributed by atoms with E-state index in [0.29, 0.717) is 11.0 Å². The number of carbonyl (C=O) groups excluding carboxylic acids is 1. The first-order chi connectivity index (χ1) is 13.6. The van der Waals surface area contributed by atoms with E-state index >= 15 is 0 Å². The molecule has 1 aromatic carbocycles. The number of alkyl halides is 2. The highest BCUT2D eigenvalue weighted by molar-refractivity contribution is 5.89. The van der Waals surface area contributed by atoms with Crippen LogP contribution in [0, 0.1) is 0 Å². The van der Waals surface area contributed by atoms with Crippen molar-refractivity contribution in [3.8, 4) is 0 Å². The summed E-state index contributed by atoms with van der Waals surface area (Å²) in [6, 6.07) is 10.3. The van der Waals surface area contributed by atoms with E-state index in [1.54, 1.807) is 48.8 Å². The molecule has 28 heavy (non-hydrogen) atoms. The molecule has 0 atom stereocenters. The van der Waals surface area contributed by atoms with Gasteiger partial charge in [-0.15, -0.1) is 0 Å². The molecule has 4 aromatic rings. The van der Waals surface area contributed by atoms with E-state index in [0.717, 1.165) is 5.56 Å². The van der Waals surface area contributed by atoms with Crippen molar-refractivity contribution in [1.82, 2.24) is 30.0 Å². The molecule has 142 valence electrons. The maximum absolute atomic E-state index is 13.3. The molecule has 1 amide bonds. The molecule has 0 unspecified atom stereocenters. The summed E-state index contributed by atoms with van der Waals surface area (Å²) >= 11 is 0. The molecular formula is C18H14F2N6O2. The first-order valence-electron chi connectivity index (χ1n) is 8.35. The first kappa shape index (κ1) is 17.7. The van der Waals surface area contributed by atoms with E-state index in [9.17, 15) is 13.6 Å². The topological polar surface area (TPSA) is 98.7 Å². The number of amides is 1. The molecule has 4 rings (SSSR count). The van der Waals surface area contributed by atoms with Crippen LogP contribution < -0.4 is 5.32 Å². The van der Waals surface area contributed by atoms with E-state index in [1.807, 2.05) is 0 Å². The third kappa shape index (κ3) is 3.56. The molecule has 0 saturated heterocycles. The average molecular weight is 384 g/mol. The van der Waals surface area contributed by atoms with Crippen LogP contribution in [0.4, 0.5) is 8.78 Å². The molecular weight excluding hydrogens is 370 g/mol. The number of para-hydroxylation sites is 2. The lowest BCUT2D eigenvalue weighted by Crippen LogP contribution is -2.23. The Labute approximate surface area is 157 Å². The second kappa shape index (κ2) is 7.51. The van der Waals surface area contributed by atoms with Gasteiger partial charge in [0, 0.05) is 18.9 Å². The SMILES string of the molecule is O=C(NCc1ccncc1)c1nc(Cn2c(C(F)F)nc3ccccc32)no1. The highest BCUT2D eigenvalue weighted by Crippen LogP contribution is 2.24. The molecule has 0 saturated carbocycles. The number of rotatable bonds is 6. The van der Waals surface area contributed by atoms with Crippen LogP contribution in [0.1, 0.15) is 34.3 Å². The molecule has 0 radical (unpaired) electrons. The maximum Gasteiger partial charge on any atom is 0.316 e. The molecule has 8 nitrogen and oxygen atoms in total. The number of halogens is 2. The molecule has 0 bridgehead atoms. The number of nitrogens with zero attached hydrogens (tertiary/aromatic N) is 5. The number of benzene rings is 1. The van der Waals surface area contributed by atoms with E-state index in [4.69, 9.17) is 4.52 Å². The van der Waals surface area contributed by atoms with Gasteiger partial charge in [0.25, 0.3) is 6.43 Å². The quantitative estimate of drug-likeness (QED) is 0.549. The monoisotopic (exact) mass is 384 g/mol. The summed E-state index contributed by atoms with van der Waals surface area (Å²) in [5, 5.41) is 6.37. The van der Waals surface area contributed by atoms with Gasteiger partial charge in [0.2, 0.25) is 0 Å². The average Bonchev–Trinajstić information content (AvgIpc) is 3.33. The van der Waals surface area contributed by atoms with E-state index in [1.165, 1.54) is 4.57 Å². The van der Waals surface area contributed by atoms with Crippen molar-refractivity contribution in [2.24, 2.45) is 0 Å². The summed E-state index contributed by atoms with van der Waals surface area (Å²) < 4.78 is 33.0. The predicted octanol–water partition coefficient (Wildman–Crippen LogP) is 2.73. The van der Waals surface area contributed by atoms with Crippen molar-refractivity contribution in [3.63, 3.8) is 0 Å². The fraction of sp³-hybridized carbons (Fsp3) is 0.167. The first-order valence-corrected chi connectivity index (χ1v) is 8.35. The number of nitrogens with one attached hydrogen (secondary N) is 1. The second-order valence-corrected chi connectivity index (χ2v) is 5.90. The minimum Gasteiger partial charge on any atom is -0.344 e. The molecule has 0 aliphatic rings. The van der Waals surface area contributed by atoms with Crippen LogP contribution in [-0.2, 0) is 13.1 Å². The van der Waals surface area contributed by atoms with Gasteiger partial charge in [-0.1, -0.05) is 17.3 Å². The zero-order chi connectivity index (χ0) is 19.5. The van der Waals surface area contributed by atoms with Crippen LogP contribution in [0.15, 0.2) is 53.3 Å². The lowest BCUT2D eigenvalue weighted by molar-refractivity contribution is 0.0907. The molecule has 0 aliphatic heterocycles. The normalized spacial score (nSPS) is 11.2. The Morgan fingerprint density at radius 1 is 1.14 bits per heavy atom. The molecule has 0 spiro atoms. The number of carbonyl (C=O) groups is 1. The number of aromatic nitrogens is 5. The van der Waals surface area contributed by atoms with Crippen LogP contribution in [0.25, 0.3) is 11.0 Å². The second-order valence-electron chi connectivity index (χ2n) is 5.90. The Hall–Kier alpha value is -3.69. The summed E-state index contributed by atoms with van der Waals surface area (Å²) in [7, 11) is 0. The van der Waals surface area contributed by atoms with Crippen molar-refractivity contribution in [3.05, 3.63) is 71.9 Å². The van der Waals surface area contributed by atoms with Crippen molar-refractivity contribution in [1.29, 1.82) is 0 Å². The zero-order valence-electron chi connectivity index (χ0n) is 14.4. The molecule has 3 aromatic heterocycles. The fourth-order valence-electron chi connectivity index (χ4n) is 2.74. The number of hydrogen-bond acceptors (Lipinski definition) is 6. The summed E-state index contributed by atoms with van der Waals surface area (Å²) in [5.74, 6) is -1.10. The van der Waals surface area contributed by atoms with Gasteiger partial charge in [-0.25, -0.2) is 13.8 Å². The van der Waals surface area contributed by atoms with E-state index < -0.39 is 18.2 Å². The zero-order valence-corrected chi connectivity index (χ0v) is 14.4. The van der Waals surface area contributed by atoms with Crippen LogP contribution in [0.3, 0.4) is 0 Å². The fourth-order valence-corrected chi connectivity index (χ4v) is 2.74. The van der Waals surface area contributed by atoms with Gasteiger partial charge < -0.3 is 14.4 Å². The lowest BCUT2D eigenvalue weighted by atomic mass is 10.3. The lowest BCUT2D eigenvalue weighted by Gasteiger charge is -2.05. The highest BCUT2D eigenvalue weighted by Gasteiger charge is 2.21. The van der Waals surface area contributed by atoms with Crippen LogP contribution in [-0.4, -0.2) is 30.6 Å². The van der Waals surface area contributed by atoms with Gasteiger partial charge >= 0.3 is 11.8 Å². The summed E-state index contributed by atoms with van der Waals surface area (Å²) in [6.07, 6.45) is 0.465. The van der Waals surface area contributed by atoms with Gasteiger partial charge in [0.1, 0.15) is 0 Å². The predicted molar refractivity (Wildman–Crippen MR) is 93.5 cm³/mol. The van der Waals surface area contributed by atoms with Crippen molar-refractivity contribution in [2.45, 2.75) is 19.5 Å². The third-order valence-corrected chi connectivity index (χ3v) is 4.04. The summed E-state index contributed by atoms with van der Waals surface area (Å²) in [4.78, 5) is 24.0. The molecule has 10 heteroatoms. The number of pyridine rings is 1. The Bertz CT molecular complexity index is 1110. The molecule has 1 N–H and O–H groups in total. The largest absolute Gasteiger partial charge is 0.344 e. The minimum absolute atomic E-state index is 0.0959. The smallest absolute Gasteiger partial charge is 0.316 e. The third-order valence-electron chi connectivity index (χ3n) is 4.04. The maximum atomic E-state index is 13.3. The standard InChI is InChI=1S/C18H14F2N6O2/c19-15(20)16-23-12-3-1-2-4-13(12)26(16)10-14-24-18(28-25-14)17(27)22-9-11-5-7-21-8-6-11/h1-8,15H,9-10H2,(H,22,27). The van der Waals surface area contributed by atoms with Gasteiger partial charge in [0.05, 0.1) is 17.6 Å². The molecule has 0 aliphatic carbocycles. The Morgan fingerprint density at radius 3 is 2.71 bits per heavy atom. The molecule has 3 heterocycles.